The van der Waals surface area contributed by atoms with Gasteiger partial charge in [-0.25, -0.2) is 0 Å². The number of thiophene rings is 1. The molecule has 0 bridgehead atoms. The lowest BCUT2D eigenvalue weighted by Crippen LogP contribution is -2.32. The summed E-state index contributed by atoms with van der Waals surface area (Å²) in [7, 11) is 0. The molecule has 0 aliphatic carbocycles. The van der Waals surface area contributed by atoms with Crippen molar-refractivity contribution in [2.45, 2.75) is 39.4 Å². The SMILES string of the molecule is CCNCc1cccc(CN2CCc3sccc3C2C)c1. The van der Waals surface area contributed by atoms with Crippen LogP contribution in [0.4, 0.5) is 0 Å². The van der Waals surface area contributed by atoms with Crippen molar-refractivity contribution in [3.8, 4) is 0 Å². The summed E-state index contributed by atoms with van der Waals surface area (Å²) in [6, 6.07) is 11.8. The Labute approximate surface area is 131 Å². The highest BCUT2D eigenvalue weighted by molar-refractivity contribution is 7.10. The van der Waals surface area contributed by atoms with Gasteiger partial charge in [0.1, 0.15) is 0 Å². The molecule has 21 heavy (non-hydrogen) atoms. The van der Waals surface area contributed by atoms with Crippen LogP contribution in [0.2, 0.25) is 0 Å². The maximum absolute atomic E-state index is 3.40. The zero-order valence-electron chi connectivity index (χ0n) is 12.9. The van der Waals surface area contributed by atoms with Crippen molar-refractivity contribution in [2.75, 3.05) is 13.1 Å². The third-order valence-corrected chi connectivity index (χ3v) is 5.36. The van der Waals surface area contributed by atoms with Crippen LogP contribution in [0.3, 0.4) is 0 Å². The van der Waals surface area contributed by atoms with Crippen molar-refractivity contribution >= 4 is 11.3 Å². The molecule has 2 aromatic rings. The molecule has 3 rings (SSSR count). The Kier molecular flexibility index (Phi) is 4.73. The predicted molar refractivity (Wildman–Crippen MR) is 90.7 cm³/mol. The molecule has 2 heterocycles. The zero-order valence-corrected chi connectivity index (χ0v) is 13.7. The lowest BCUT2D eigenvalue weighted by atomic mass is 10.0. The molecule has 1 aliphatic heterocycles. The van der Waals surface area contributed by atoms with Crippen LogP contribution in [-0.4, -0.2) is 18.0 Å². The van der Waals surface area contributed by atoms with Gasteiger partial charge in [-0.05, 0) is 48.0 Å². The summed E-state index contributed by atoms with van der Waals surface area (Å²) >= 11 is 1.91. The van der Waals surface area contributed by atoms with Crippen molar-refractivity contribution in [3.05, 3.63) is 57.3 Å². The van der Waals surface area contributed by atoms with E-state index in [1.165, 1.54) is 29.7 Å². The van der Waals surface area contributed by atoms with E-state index in [0.29, 0.717) is 6.04 Å². The summed E-state index contributed by atoms with van der Waals surface area (Å²) in [5.41, 5.74) is 4.35. The van der Waals surface area contributed by atoms with E-state index in [2.05, 4.69) is 59.8 Å². The topological polar surface area (TPSA) is 15.3 Å². The third kappa shape index (κ3) is 3.37. The molecule has 0 saturated heterocycles. The highest BCUT2D eigenvalue weighted by Crippen LogP contribution is 2.33. The second-order valence-electron chi connectivity index (χ2n) is 5.80. The van der Waals surface area contributed by atoms with Crippen LogP contribution < -0.4 is 5.32 Å². The maximum atomic E-state index is 3.40. The van der Waals surface area contributed by atoms with E-state index in [0.717, 1.165) is 19.6 Å². The molecule has 2 nitrogen and oxygen atoms in total. The molecule has 0 fully saturated rings. The average molecular weight is 300 g/mol. The van der Waals surface area contributed by atoms with Crippen LogP contribution >= 0.6 is 11.3 Å². The summed E-state index contributed by atoms with van der Waals surface area (Å²) in [5.74, 6) is 0. The Morgan fingerprint density at radius 1 is 1.29 bits per heavy atom. The summed E-state index contributed by atoms with van der Waals surface area (Å²) in [6.07, 6.45) is 1.20. The van der Waals surface area contributed by atoms with E-state index < -0.39 is 0 Å². The zero-order chi connectivity index (χ0) is 14.7. The van der Waals surface area contributed by atoms with Gasteiger partial charge < -0.3 is 5.32 Å². The highest BCUT2D eigenvalue weighted by Gasteiger charge is 2.24. The van der Waals surface area contributed by atoms with Crippen molar-refractivity contribution < 1.29 is 0 Å². The number of rotatable bonds is 5. The molecule has 1 unspecified atom stereocenters. The van der Waals surface area contributed by atoms with Gasteiger partial charge in [-0.2, -0.15) is 0 Å². The van der Waals surface area contributed by atoms with Crippen LogP contribution in [0.5, 0.6) is 0 Å². The number of hydrogen-bond donors (Lipinski definition) is 1. The normalized spacial score (nSPS) is 18.7. The van der Waals surface area contributed by atoms with Gasteiger partial charge in [0, 0.05) is 30.6 Å². The fourth-order valence-corrected chi connectivity index (χ4v) is 4.08. The minimum absolute atomic E-state index is 0.539. The summed E-state index contributed by atoms with van der Waals surface area (Å²) in [6.45, 7) is 8.70. The van der Waals surface area contributed by atoms with Gasteiger partial charge in [-0.3, -0.25) is 4.90 Å². The Balaban J connectivity index is 1.69. The largest absolute Gasteiger partial charge is 0.313 e. The summed E-state index contributed by atoms with van der Waals surface area (Å²) in [5, 5.41) is 5.64. The molecule has 1 N–H and O–H groups in total. The first-order valence-electron chi connectivity index (χ1n) is 7.86. The van der Waals surface area contributed by atoms with Crippen molar-refractivity contribution in [2.24, 2.45) is 0 Å². The van der Waals surface area contributed by atoms with Crippen molar-refractivity contribution in [1.82, 2.24) is 10.2 Å². The summed E-state index contributed by atoms with van der Waals surface area (Å²) < 4.78 is 0. The molecular weight excluding hydrogens is 276 g/mol. The molecule has 1 aromatic carbocycles. The Morgan fingerprint density at radius 2 is 2.14 bits per heavy atom. The van der Waals surface area contributed by atoms with Crippen LogP contribution in [0.15, 0.2) is 35.7 Å². The van der Waals surface area contributed by atoms with E-state index >= 15 is 0 Å². The number of nitrogens with zero attached hydrogens (tertiary/aromatic N) is 1. The second-order valence-corrected chi connectivity index (χ2v) is 6.80. The highest BCUT2D eigenvalue weighted by atomic mass is 32.1. The smallest absolute Gasteiger partial charge is 0.0334 e. The Hall–Kier alpha value is -1.16. The van der Waals surface area contributed by atoms with E-state index in [4.69, 9.17) is 0 Å². The number of benzene rings is 1. The second kappa shape index (κ2) is 6.73. The van der Waals surface area contributed by atoms with Gasteiger partial charge in [0.2, 0.25) is 0 Å². The van der Waals surface area contributed by atoms with E-state index in [1.807, 2.05) is 11.3 Å². The maximum Gasteiger partial charge on any atom is 0.0334 e. The molecular formula is C18H24N2S. The quantitative estimate of drug-likeness (QED) is 0.898. The molecule has 1 aromatic heterocycles. The van der Waals surface area contributed by atoms with Crippen LogP contribution in [0.25, 0.3) is 0 Å². The van der Waals surface area contributed by atoms with Crippen molar-refractivity contribution in [1.29, 1.82) is 0 Å². The van der Waals surface area contributed by atoms with E-state index in [1.54, 1.807) is 4.88 Å². The first kappa shape index (κ1) is 14.8. The molecule has 0 saturated carbocycles. The van der Waals surface area contributed by atoms with Crippen LogP contribution in [-0.2, 0) is 19.5 Å². The first-order chi connectivity index (χ1) is 10.3. The lowest BCUT2D eigenvalue weighted by Gasteiger charge is -2.33. The number of fused-ring (bicyclic) bond motifs is 1. The minimum Gasteiger partial charge on any atom is -0.313 e. The van der Waals surface area contributed by atoms with E-state index in [9.17, 15) is 0 Å². The van der Waals surface area contributed by atoms with Gasteiger partial charge in [0.25, 0.3) is 0 Å². The molecule has 0 radical (unpaired) electrons. The van der Waals surface area contributed by atoms with Crippen LogP contribution in [0.1, 0.15) is 41.5 Å². The monoisotopic (exact) mass is 300 g/mol. The lowest BCUT2D eigenvalue weighted by molar-refractivity contribution is 0.191. The molecule has 112 valence electrons. The van der Waals surface area contributed by atoms with Gasteiger partial charge in [0.05, 0.1) is 0 Å². The summed E-state index contributed by atoms with van der Waals surface area (Å²) in [4.78, 5) is 4.18. The third-order valence-electron chi connectivity index (χ3n) is 4.36. The number of nitrogens with one attached hydrogen (secondary N) is 1. The van der Waals surface area contributed by atoms with Gasteiger partial charge >= 0.3 is 0 Å². The molecule has 0 amide bonds. The predicted octanol–water partition coefficient (Wildman–Crippen LogP) is 3.98. The molecule has 0 spiro atoms. The minimum atomic E-state index is 0.539. The van der Waals surface area contributed by atoms with Gasteiger partial charge in [0.15, 0.2) is 0 Å². The fourth-order valence-electron chi connectivity index (χ4n) is 3.12. The number of hydrogen-bond acceptors (Lipinski definition) is 3. The van der Waals surface area contributed by atoms with E-state index in [-0.39, 0.29) is 0 Å². The molecule has 3 heteroatoms. The van der Waals surface area contributed by atoms with Crippen molar-refractivity contribution in [3.63, 3.8) is 0 Å². The molecule has 1 atom stereocenters. The van der Waals surface area contributed by atoms with Gasteiger partial charge in [-0.15, -0.1) is 11.3 Å². The van der Waals surface area contributed by atoms with Gasteiger partial charge in [-0.1, -0.05) is 31.2 Å². The average Bonchev–Trinajstić information content (AvgIpc) is 2.98. The Morgan fingerprint density at radius 3 is 3.00 bits per heavy atom. The molecule has 1 aliphatic rings. The Bertz CT molecular complexity index is 590. The standard InChI is InChI=1S/C18H24N2S/c1-3-19-12-15-5-4-6-16(11-15)13-20-9-7-18-17(14(20)2)8-10-21-18/h4-6,8,10-11,14,19H,3,7,9,12-13H2,1-2H3. The first-order valence-corrected chi connectivity index (χ1v) is 8.74. The van der Waals surface area contributed by atoms with Crippen LogP contribution in [0, 0.1) is 0 Å². The fraction of sp³-hybridized carbons (Fsp3) is 0.444.